The van der Waals surface area contributed by atoms with Gasteiger partial charge in [0.25, 0.3) is 0 Å². The van der Waals surface area contributed by atoms with Crippen molar-refractivity contribution in [2.45, 2.75) is 25.9 Å². The lowest BCUT2D eigenvalue weighted by Crippen LogP contribution is -2.40. The normalized spacial score (nSPS) is 12.7. The molecular formula is C26H26ClN3O2. The molecule has 3 aromatic carbocycles. The van der Waals surface area contributed by atoms with Gasteiger partial charge < -0.3 is 15.5 Å². The molecule has 6 heteroatoms. The van der Waals surface area contributed by atoms with Gasteiger partial charge in [-0.15, -0.1) is 0 Å². The molecule has 32 heavy (non-hydrogen) atoms. The highest BCUT2D eigenvalue weighted by Crippen LogP contribution is 2.24. The van der Waals surface area contributed by atoms with Crippen molar-refractivity contribution in [1.82, 2.24) is 10.6 Å². The summed E-state index contributed by atoms with van der Waals surface area (Å²) in [6.07, 6.45) is 1.73. The molecule has 2 amide bonds. The predicted molar refractivity (Wildman–Crippen MR) is 128 cm³/mol. The number of nitrogens with one attached hydrogen (secondary N) is 2. The first-order valence-electron chi connectivity index (χ1n) is 10.8. The Bertz CT molecular complexity index is 1080. The highest BCUT2D eigenvalue weighted by Gasteiger charge is 2.16. The molecule has 4 rings (SSSR count). The van der Waals surface area contributed by atoms with Gasteiger partial charge in [-0.25, -0.2) is 0 Å². The second-order valence-electron chi connectivity index (χ2n) is 7.92. The molecule has 0 atom stereocenters. The van der Waals surface area contributed by atoms with E-state index in [2.05, 4.69) is 64.1 Å². The van der Waals surface area contributed by atoms with Crippen molar-refractivity contribution in [2.24, 2.45) is 0 Å². The second kappa shape index (κ2) is 10.3. The fourth-order valence-electron chi connectivity index (χ4n) is 3.86. The maximum atomic E-state index is 12.0. The number of carbonyl (C=O) groups excluding carboxylic acids is 2. The monoisotopic (exact) mass is 447 g/mol. The minimum atomic E-state index is -0.638. The highest BCUT2D eigenvalue weighted by atomic mass is 35.5. The average molecular weight is 448 g/mol. The van der Waals surface area contributed by atoms with E-state index in [1.807, 2.05) is 12.1 Å². The summed E-state index contributed by atoms with van der Waals surface area (Å²) >= 11 is 5.85. The number of rotatable bonds is 6. The van der Waals surface area contributed by atoms with Crippen LogP contribution in [0.25, 0.3) is 0 Å². The van der Waals surface area contributed by atoms with E-state index in [-0.39, 0.29) is 6.54 Å². The van der Waals surface area contributed by atoms with Crippen LogP contribution in [0, 0.1) is 0 Å². The Morgan fingerprint density at radius 1 is 0.812 bits per heavy atom. The van der Waals surface area contributed by atoms with Gasteiger partial charge in [-0.05, 0) is 59.4 Å². The van der Waals surface area contributed by atoms with Crippen LogP contribution in [0.4, 0.5) is 5.69 Å². The summed E-state index contributed by atoms with van der Waals surface area (Å²) in [5.41, 5.74) is 6.03. The number of benzene rings is 3. The van der Waals surface area contributed by atoms with Crippen LogP contribution in [0.5, 0.6) is 0 Å². The lowest BCUT2D eigenvalue weighted by atomic mass is 9.99. The molecule has 0 unspecified atom stereocenters. The number of carbonyl (C=O) groups is 2. The Morgan fingerprint density at radius 3 is 2.22 bits per heavy atom. The largest absolute Gasteiger partial charge is 0.367 e. The van der Waals surface area contributed by atoms with Gasteiger partial charge >= 0.3 is 11.8 Å². The first kappa shape index (κ1) is 21.9. The van der Waals surface area contributed by atoms with Gasteiger partial charge in [0.1, 0.15) is 0 Å². The van der Waals surface area contributed by atoms with Crippen LogP contribution >= 0.6 is 11.6 Å². The number of fused-ring (bicyclic) bond motifs is 1. The molecule has 1 aliphatic rings. The van der Waals surface area contributed by atoms with Gasteiger partial charge in [-0.3, -0.25) is 9.59 Å². The summed E-state index contributed by atoms with van der Waals surface area (Å²) in [7, 11) is 0. The molecule has 0 saturated carbocycles. The summed E-state index contributed by atoms with van der Waals surface area (Å²) in [4.78, 5) is 26.4. The molecule has 5 nitrogen and oxygen atoms in total. The first-order chi connectivity index (χ1) is 15.6. The maximum Gasteiger partial charge on any atom is 0.309 e. The van der Waals surface area contributed by atoms with Crippen LogP contribution in [0.2, 0.25) is 5.02 Å². The van der Waals surface area contributed by atoms with Crippen molar-refractivity contribution < 1.29 is 9.59 Å². The van der Waals surface area contributed by atoms with E-state index in [1.165, 1.54) is 16.8 Å². The lowest BCUT2D eigenvalue weighted by Gasteiger charge is -2.30. The number of anilines is 1. The minimum absolute atomic E-state index is 0.284. The highest BCUT2D eigenvalue weighted by molar-refractivity contribution is 6.35. The van der Waals surface area contributed by atoms with Crippen LogP contribution in [0.3, 0.4) is 0 Å². The summed E-state index contributed by atoms with van der Waals surface area (Å²) < 4.78 is 0. The summed E-state index contributed by atoms with van der Waals surface area (Å²) in [6, 6.07) is 24.2. The van der Waals surface area contributed by atoms with E-state index in [0.717, 1.165) is 30.6 Å². The smallest absolute Gasteiger partial charge is 0.309 e. The fraction of sp³-hybridized carbons (Fsp3) is 0.231. The standard InChI is InChI=1S/C26H26ClN3O2/c27-23-9-5-20(6-10-23)17-29-26(32)25(31)28-15-13-19-7-11-24(12-8-19)30-16-14-21-3-1-2-4-22(21)18-30/h1-12H,13-18H2,(H,28,31)(H,29,32). The van der Waals surface area contributed by atoms with Gasteiger partial charge in [-0.1, -0.05) is 60.1 Å². The van der Waals surface area contributed by atoms with E-state index < -0.39 is 11.8 Å². The van der Waals surface area contributed by atoms with E-state index >= 15 is 0 Å². The van der Waals surface area contributed by atoms with E-state index in [9.17, 15) is 9.59 Å². The van der Waals surface area contributed by atoms with Crippen LogP contribution in [0.15, 0.2) is 72.8 Å². The van der Waals surface area contributed by atoms with Gasteiger partial charge in [-0.2, -0.15) is 0 Å². The minimum Gasteiger partial charge on any atom is -0.367 e. The van der Waals surface area contributed by atoms with Gasteiger partial charge in [0.05, 0.1) is 0 Å². The Balaban J connectivity index is 1.21. The first-order valence-corrected chi connectivity index (χ1v) is 11.2. The Hall–Kier alpha value is -3.31. The predicted octanol–water partition coefficient (Wildman–Crippen LogP) is 3.88. The fourth-order valence-corrected chi connectivity index (χ4v) is 3.98. The van der Waals surface area contributed by atoms with Crippen molar-refractivity contribution in [3.8, 4) is 0 Å². The van der Waals surface area contributed by atoms with Crippen LogP contribution in [-0.2, 0) is 35.5 Å². The Labute approximate surface area is 193 Å². The quantitative estimate of drug-likeness (QED) is 0.564. The third-order valence-electron chi connectivity index (χ3n) is 5.70. The Kier molecular flexibility index (Phi) is 7.07. The number of halogens is 1. The lowest BCUT2D eigenvalue weighted by molar-refractivity contribution is -0.139. The molecule has 0 bridgehead atoms. The summed E-state index contributed by atoms with van der Waals surface area (Å²) in [5.74, 6) is -1.26. The molecule has 0 aliphatic carbocycles. The maximum absolute atomic E-state index is 12.0. The molecule has 3 aromatic rings. The topological polar surface area (TPSA) is 61.4 Å². The zero-order chi connectivity index (χ0) is 22.3. The van der Waals surface area contributed by atoms with E-state index in [1.54, 1.807) is 12.1 Å². The number of hydrogen-bond acceptors (Lipinski definition) is 3. The van der Waals surface area contributed by atoms with Crippen LogP contribution < -0.4 is 15.5 Å². The third-order valence-corrected chi connectivity index (χ3v) is 5.96. The van der Waals surface area contributed by atoms with Crippen LogP contribution in [-0.4, -0.2) is 24.9 Å². The molecule has 0 aromatic heterocycles. The summed E-state index contributed by atoms with van der Waals surface area (Å²) in [5, 5.41) is 5.93. The molecule has 0 radical (unpaired) electrons. The Morgan fingerprint density at radius 2 is 1.47 bits per heavy atom. The molecule has 1 heterocycles. The molecule has 0 saturated heterocycles. The average Bonchev–Trinajstić information content (AvgIpc) is 2.83. The number of amides is 2. The van der Waals surface area contributed by atoms with Gasteiger partial charge in [0.15, 0.2) is 0 Å². The van der Waals surface area contributed by atoms with Crippen molar-refractivity contribution in [1.29, 1.82) is 0 Å². The molecule has 0 fully saturated rings. The van der Waals surface area contributed by atoms with Gasteiger partial charge in [0, 0.05) is 36.9 Å². The van der Waals surface area contributed by atoms with Crippen molar-refractivity contribution in [3.63, 3.8) is 0 Å². The zero-order valence-corrected chi connectivity index (χ0v) is 18.6. The molecule has 1 aliphatic heterocycles. The number of nitrogens with zero attached hydrogens (tertiary/aromatic N) is 1. The van der Waals surface area contributed by atoms with Crippen LogP contribution in [0.1, 0.15) is 22.3 Å². The second-order valence-corrected chi connectivity index (χ2v) is 8.36. The van der Waals surface area contributed by atoms with Gasteiger partial charge in [0.2, 0.25) is 0 Å². The van der Waals surface area contributed by atoms with Crippen molar-refractivity contribution in [3.05, 3.63) is 100 Å². The molecule has 164 valence electrons. The number of hydrogen-bond donors (Lipinski definition) is 2. The molecule has 0 spiro atoms. The van der Waals surface area contributed by atoms with Crippen molar-refractivity contribution in [2.75, 3.05) is 18.0 Å². The SMILES string of the molecule is O=C(NCCc1ccc(N2CCc3ccccc3C2)cc1)C(=O)NCc1ccc(Cl)cc1. The van der Waals surface area contributed by atoms with E-state index in [0.29, 0.717) is 18.0 Å². The summed E-state index contributed by atoms with van der Waals surface area (Å²) in [6.45, 7) is 2.63. The van der Waals surface area contributed by atoms with Crippen molar-refractivity contribution >= 4 is 29.1 Å². The zero-order valence-electron chi connectivity index (χ0n) is 17.8. The van der Waals surface area contributed by atoms with E-state index in [4.69, 9.17) is 11.6 Å². The molecule has 2 N–H and O–H groups in total. The third kappa shape index (κ3) is 5.68. The molecular weight excluding hydrogens is 422 g/mol.